The van der Waals surface area contributed by atoms with Gasteiger partial charge in [-0.3, -0.25) is 0 Å². The molecular formula is C21H23NOS. The van der Waals surface area contributed by atoms with Gasteiger partial charge in [-0.2, -0.15) is 0 Å². The number of para-hydroxylation sites is 1. The smallest absolute Gasteiger partial charge is 0.188 e. The third-order valence-electron chi connectivity index (χ3n) is 6.10. The summed E-state index contributed by atoms with van der Waals surface area (Å²) in [5, 5.41) is 3.49. The second kappa shape index (κ2) is 5.13. The SMILES string of the molecule is Cc1ccccc1N1[C@@H](C)c2c(oc3sccc23)C12CCCCC2. The van der Waals surface area contributed by atoms with Crippen LogP contribution in [0.5, 0.6) is 0 Å². The standard InChI is InChI=1S/C21H23NOS/c1-14-8-4-5-9-17(14)22-15(2)18-16-10-13-24-20(16)23-19(18)21(22)11-6-3-7-12-21/h4-5,8-10,13,15H,3,6-7,11-12H2,1-2H3/t15-/m0/s1. The highest BCUT2D eigenvalue weighted by Crippen LogP contribution is 2.58. The maximum atomic E-state index is 6.48. The van der Waals surface area contributed by atoms with Crippen molar-refractivity contribution < 1.29 is 4.42 Å². The zero-order valence-electron chi connectivity index (χ0n) is 14.3. The van der Waals surface area contributed by atoms with Gasteiger partial charge in [0.2, 0.25) is 0 Å². The van der Waals surface area contributed by atoms with Gasteiger partial charge in [-0.05, 0) is 49.8 Å². The Morgan fingerprint density at radius 2 is 1.92 bits per heavy atom. The molecule has 5 rings (SSSR count). The largest absolute Gasteiger partial charge is 0.447 e. The third kappa shape index (κ3) is 1.76. The van der Waals surface area contributed by atoms with Gasteiger partial charge in [-0.25, -0.2) is 0 Å². The van der Waals surface area contributed by atoms with Crippen molar-refractivity contribution >= 4 is 27.3 Å². The van der Waals surface area contributed by atoms with Crippen molar-refractivity contribution in [2.24, 2.45) is 0 Å². The average molecular weight is 337 g/mol. The molecule has 0 unspecified atom stereocenters. The molecule has 1 aliphatic heterocycles. The minimum absolute atomic E-state index is 0.0534. The normalized spacial score (nSPS) is 22.4. The first-order valence-electron chi connectivity index (χ1n) is 9.08. The van der Waals surface area contributed by atoms with Crippen LogP contribution in [0.4, 0.5) is 5.69 Å². The quantitative estimate of drug-likeness (QED) is 0.501. The molecule has 0 bridgehead atoms. The van der Waals surface area contributed by atoms with Crippen LogP contribution < -0.4 is 4.90 Å². The zero-order valence-corrected chi connectivity index (χ0v) is 15.2. The van der Waals surface area contributed by atoms with Crippen LogP contribution >= 0.6 is 11.3 Å². The molecule has 0 amide bonds. The fourth-order valence-electron chi connectivity index (χ4n) is 5.09. The molecule has 0 N–H and O–H groups in total. The number of aryl methyl sites for hydroxylation is 1. The van der Waals surface area contributed by atoms with E-state index in [2.05, 4.69) is 54.5 Å². The summed E-state index contributed by atoms with van der Waals surface area (Å²) in [7, 11) is 0. The van der Waals surface area contributed by atoms with Gasteiger partial charge in [-0.1, -0.05) is 37.5 Å². The molecule has 1 aliphatic carbocycles. The van der Waals surface area contributed by atoms with E-state index in [4.69, 9.17) is 4.42 Å². The van der Waals surface area contributed by atoms with Gasteiger partial charge in [0.05, 0.1) is 11.6 Å². The van der Waals surface area contributed by atoms with E-state index in [9.17, 15) is 0 Å². The van der Waals surface area contributed by atoms with Crippen molar-refractivity contribution in [2.75, 3.05) is 4.90 Å². The lowest BCUT2D eigenvalue weighted by atomic mass is 9.79. The average Bonchev–Trinajstić information content (AvgIpc) is 3.23. The molecular weight excluding hydrogens is 314 g/mol. The van der Waals surface area contributed by atoms with Gasteiger partial charge < -0.3 is 9.32 Å². The first kappa shape index (κ1) is 14.6. The molecule has 1 atom stereocenters. The maximum absolute atomic E-state index is 6.48. The Morgan fingerprint density at radius 3 is 2.71 bits per heavy atom. The molecule has 0 saturated heterocycles. The molecule has 0 radical (unpaired) electrons. The van der Waals surface area contributed by atoms with Gasteiger partial charge in [0.1, 0.15) is 5.76 Å². The lowest BCUT2D eigenvalue weighted by Crippen LogP contribution is -2.44. The summed E-state index contributed by atoms with van der Waals surface area (Å²) in [4.78, 5) is 3.80. The van der Waals surface area contributed by atoms with Crippen molar-refractivity contribution in [2.45, 2.75) is 57.5 Å². The van der Waals surface area contributed by atoms with E-state index >= 15 is 0 Å². The topological polar surface area (TPSA) is 16.4 Å². The maximum Gasteiger partial charge on any atom is 0.188 e. The van der Waals surface area contributed by atoms with Crippen LogP contribution in [0.15, 0.2) is 40.1 Å². The fraction of sp³-hybridized carbons (Fsp3) is 0.429. The van der Waals surface area contributed by atoms with Gasteiger partial charge in [0.15, 0.2) is 4.90 Å². The molecule has 2 nitrogen and oxygen atoms in total. The van der Waals surface area contributed by atoms with Crippen LogP contribution in [0.25, 0.3) is 10.3 Å². The Hall–Kier alpha value is -1.74. The predicted octanol–water partition coefficient (Wildman–Crippen LogP) is 6.54. The summed E-state index contributed by atoms with van der Waals surface area (Å²) in [5.74, 6) is 1.26. The predicted molar refractivity (Wildman–Crippen MR) is 101 cm³/mol. The van der Waals surface area contributed by atoms with E-state index < -0.39 is 0 Å². The number of fused-ring (bicyclic) bond motifs is 4. The van der Waals surface area contributed by atoms with Crippen molar-refractivity contribution in [1.29, 1.82) is 0 Å². The number of rotatable bonds is 1. The Bertz CT molecular complexity index is 900. The van der Waals surface area contributed by atoms with Crippen LogP contribution in [-0.2, 0) is 5.54 Å². The minimum Gasteiger partial charge on any atom is -0.447 e. The highest BCUT2D eigenvalue weighted by molar-refractivity contribution is 7.16. The van der Waals surface area contributed by atoms with Crippen molar-refractivity contribution in [3.63, 3.8) is 0 Å². The number of thiophene rings is 1. The molecule has 3 aromatic rings. The first-order valence-corrected chi connectivity index (χ1v) is 9.96. The van der Waals surface area contributed by atoms with Crippen molar-refractivity contribution in [1.82, 2.24) is 0 Å². The first-order chi connectivity index (χ1) is 11.7. The molecule has 1 aromatic carbocycles. The Morgan fingerprint density at radius 1 is 1.12 bits per heavy atom. The molecule has 2 aliphatic rings. The Labute approximate surface area is 147 Å². The van der Waals surface area contributed by atoms with Crippen LogP contribution in [0.1, 0.15) is 62.0 Å². The number of nitrogens with zero attached hydrogens (tertiary/aromatic N) is 1. The lowest BCUT2D eigenvalue weighted by molar-refractivity contribution is 0.248. The molecule has 1 saturated carbocycles. The van der Waals surface area contributed by atoms with Gasteiger partial charge >= 0.3 is 0 Å². The minimum atomic E-state index is 0.0534. The molecule has 124 valence electrons. The summed E-state index contributed by atoms with van der Waals surface area (Å²) in [6.07, 6.45) is 6.35. The fourth-order valence-corrected chi connectivity index (χ4v) is 5.86. The summed E-state index contributed by atoms with van der Waals surface area (Å²) in [5.41, 5.74) is 4.23. The van der Waals surface area contributed by atoms with E-state index in [-0.39, 0.29) is 5.54 Å². The zero-order chi connectivity index (χ0) is 16.3. The highest BCUT2D eigenvalue weighted by atomic mass is 32.1. The van der Waals surface area contributed by atoms with Crippen LogP contribution in [0.2, 0.25) is 0 Å². The van der Waals surface area contributed by atoms with E-state index in [1.54, 1.807) is 11.3 Å². The molecule has 24 heavy (non-hydrogen) atoms. The van der Waals surface area contributed by atoms with Gasteiger partial charge in [-0.15, -0.1) is 11.3 Å². The highest BCUT2D eigenvalue weighted by Gasteiger charge is 2.53. The number of hydrogen-bond donors (Lipinski definition) is 0. The van der Waals surface area contributed by atoms with E-state index in [0.717, 1.165) is 4.90 Å². The second-order valence-electron chi connectivity index (χ2n) is 7.39. The summed E-state index contributed by atoms with van der Waals surface area (Å²) >= 11 is 1.74. The third-order valence-corrected chi connectivity index (χ3v) is 6.89. The summed E-state index contributed by atoms with van der Waals surface area (Å²) < 4.78 is 6.48. The van der Waals surface area contributed by atoms with Gasteiger partial charge in [0, 0.05) is 16.6 Å². The Balaban J connectivity index is 1.77. The summed E-state index contributed by atoms with van der Waals surface area (Å²) in [6.45, 7) is 4.60. The van der Waals surface area contributed by atoms with Crippen LogP contribution in [0, 0.1) is 6.92 Å². The molecule has 1 fully saturated rings. The number of furan rings is 1. The molecule has 3 heterocycles. The van der Waals surface area contributed by atoms with Crippen molar-refractivity contribution in [3.05, 3.63) is 52.6 Å². The number of hydrogen-bond acceptors (Lipinski definition) is 3. The number of benzene rings is 1. The molecule has 2 aromatic heterocycles. The van der Waals surface area contributed by atoms with Crippen molar-refractivity contribution in [3.8, 4) is 0 Å². The van der Waals surface area contributed by atoms with E-state index in [0.29, 0.717) is 6.04 Å². The number of anilines is 1. The van der Waals surface area contributed by atoms with E-state index in [1.807, 2.05) is 0 Å². The lowest BCUT2D eigenvalue weighted by Gasteiger charge is -2.45. The van der Waals surface area contributed by atoms with Crippen LogP contribution in [0.3, 0.4) is 0 Å². The monoisotopic (exact) mass is 337 g/mol. The van der Waals surface area contributed by atoms with E-state index in [1.165, 1.54) is 60.1 Å². The van der Waals surface area contributed by atoms with Gasteiger partial charge in [0.25, 0.3) is 0 Å². The molecule has 3 heteroatoms. The second-order valence-corrected chi connectivity index (χ2v) is 8.27. The summed E-state index contributed by atoms with van der Waals surface area (Å²) in [6, 6.07) is 11.5. The Kier molecular flexibility index (Phi) is 3.12. The van der Waals surface area contributed by atoms with Crippen LogP contribution in [-0.4, -0.2) is 0 Å². The molecule has 1 spiro atoms.